The summed E-state index contributed by atoms with van der Waals surface area (Å²) in [6.45, 7) is 5.61. The molecule has 9 nitrogen and oxygen atoms in total. The van der Waals surface area contributed by atoms with Crippen molar-refractivity contribution in [3.05, 3.63) is 65.0 Å². The van der Waals surface area contributed by atoms with E-state index in [4.69, 9.17) is 0 Å². The van der Waals surface area contributed by atoms with E-state index in [9.17, 15) is 19.1 Å². The van der Waals surface area contributed by atoms with Gasteiger partial charge in [0.05, 0.1) is 5.56 Å². The van der Waals surface area contributed by atoms with E-state index in [0.29, 0.717) is 54.8 Å². The lowest BCUT2D eigenvalue weighted by Gasteiger charge is -2.23. The molecule has 4 heterocycles. The molecule has 3 aromatic rings. The molecule has 0 spiro atoms. The molecule has 1 aromatic carbocycles. The number of aromatic carboxylic acids is 1. The van der Waals surface area contributed by atoms with Gasteiger partial charge in [0.15, 0.2) is 11.5 Å². The average Bonchev–Trinajstić information content (AvgIpc) is 3.40. The average molecular weight is 462 g/mol. The molecule has 2 aliphatic rings. The third-order valence-corrected chi connectivity index (χ3v) is 6.67. The maximum atomic E-state index is 14.8. The van der Waals surface area contributed by atoms with Gasteiger partial charge in [-0.25, -0.2) is 29.1 Å². The largest absolute Gasteiger partial charge is 0.476 e. The fraction of sp³-hybridized carbons (Fsp3) is 0.333. The molecule has 2 saturated heterocycles. The molecule has 0 radical (unpaired) electrons. The van der Waals surface area contributed by atoms with Gasteiger partial charge in [0.2, 0.25) is 5.95 Å². The van der Waals surface area contributed by atoms with Crippen molar-refractivity contribution >= 4 is 17.8 Å². The first-order valence-electron chi connectivity index (χ1n) is 11.0. The smallest absolute Gasteiger partial charge is 0.354 e. The standard InChI is InChI=1S/C24H23FN6O3/c1-13-14(2)28-24(29-20(13)23(33)34)31-11-15-9-30(10-16(15)12-31)22(32)19-17(5-3-6-18(19)25)21-26-7-4-8-27-21/h3-8,15-16H,9-12H2,1-2H3,(H,33,34). The van der Waals surface area contributed by atoms with Crippen LogP contribution in [-0.2, 0) is 0 Å². The quantitative estimate of drug-likeness (QED) is 0.630. The van der Waals surface area contributed by atoms with Crippen molar-refractivity contribution in [3.63, 3.8) is 0 Å². The molecule has 5 rings (SSSR count). The Kier molecular flexibility index (Phi) is 5.43. The van der Waals surface area contributed by atoms with Crippen LogP contribution >= 0.6 is 0 Å². The summed E-state index contributed by atoms with van der Waals surface area (Å²) in [4.78, 5) is 45.7. The van der Waals surface area contributed by atoms with Crippen LogP contribution in [-0.4, -0.2) is 68.0 Å². The summed E-state index contributed by atoms with van der Waals surface area (Å²) in [5.41, 5.74) is 1.54. The monoisotopic (exact) mass is 462 g/mol. The van der Waals surface area contributed by atoms with Gasteiger partial charge in [0, 0.05) is 67.2 Å². The molecule has 2 atom stereocenters. The van der Waals surface area contributed by atoms with Gasteiger partial charge < -0.3 is 14.9 Å². The first-order chi connectivity index (χ1) is 16.3. The maximum absolute atomic E-state index is 14.8. The highest BCUT2D eigenvalue weighted by Gasteiger charge is 2.43. The van der Waals surface area contributed by atoms with Crippen LogP contribution in [0, 0.1) is 31.5 Å². The van der Waals surface area contributed by atoms with E-state index in [2.05, 4.69) is 19.9 Å². The van der Waals surface area contributed by atoms with Crippen molar-refractivity contribution in [2.75, 3.05) is 31.1 Å². The summed E-state index contributed by atoms with van der Waals surface area (Å²) in [6.07, 6.45) is 3.11. The molecule has 34 heavy (non-hydrogen) atoms. The van der Waals surface area contributed by atoms with E-state index in [-0.39, 0.29) is 29.0 Å². The van der Waals surface area contributed by atoms with Crippen molar-refractivity contribution in [1.29, 1.82) is 0 Å². The van der Waals surface area contributed by atoms with E-state index in [1.54, 1.807) is 49.3 Å². The van der Waals surface area contributed by atoms with Gasteiger partial charge >= 0.3 is 5.97 Å². The summed E-state index contributed by atoms with van der Waals surface area (Å²) in [6, 6.07) is 6.14. The number of carboxylic acids is 1. The minimum atomic E-state index is -1.08. The number of amides is 1. The molecular formula is C24H23FN6O3. The number of carbonyl (C=O) groups excluding carboxylic acids is 1. The molecule has 174 valence electrons. The second kappa shape index (κ2) is 8.44. The van der Waals surface area contributed by atoms with E-state index < -0.39 is 11.8 Å². The lowest BCUT2D eigenvalue weighted by atomic mass is 10.0. The Balaban J connectivity index is 1.35. The zero-order valence-electron chi connectivity index (χ0n) is 18.8. The molecule has 1 amide bonds. The zero-order valence-corrected chi connectivity index (χ0v) is 18.8. The molecule has 2 aromatic heterocycles. The Morgan fingerprint density at radius 1 is 1.00 bits per heavy atom. The van der Waals surface area contributed by atoms with Crippen LogP contribution < -0.4 is 4.90 Å². The first kappa shape index (κ1) is 21.9. The summed E-state index contributed by atoms with van der Waals surface area (Å²) in [5.74, 6) is -1.04. The fourth-order valence-electron chi connectivity index (χ4n) is 4.81. The third-order valence-electron chi connectivity index (χ3n) is 6.67. The highest BCUT2D eigenvalue weighted by Crippen LogP contribution is 2.35. The van der Waals surface area contributed by atoms with Crippen LogP contribution in [0.1, 0.15) is 32.1 Å². The highest BCUT2D eigenvalue weighted by molar-refractivity contribution is 6.00. The van der Waals surface area contributed by atoms with E-state index in [1.807, 2.05) is 4.90 Å². The number of halogens is 1. The number of benzene rings is 1. The summed E-state index contributed by atoms with van der Waals surface area (Å²) in [5, 5.41) is 9.46. The third kappa shape index (κ3) is 3.74. The lowest BCUT2D eigenvalue weighted by molar-refractivity contribution is 0.0688. The normalized spacial score (nSPS) is 19.4. The van der Waals surface area contributed by atoms with Crippen LogP contribution in [0.2, 0.25) is 0 Å². The van der Waals surface area contributed by atoms with Gasteiger partial charge in [-0.1, -0.05) is 12.1 Å². The molecule has 0 saturated carbocycles. The predicted octanol–water partition coefficient (Wildman–Crippen LogP) is 2.60. The Bertz CT molecular complexity index is 1270. The van der Waals surface area contributed by atoms with Gasteiger partial charge in [-0.05, 0) is 26.0 Å². The number of carbonyl (C=O) groups is 2. The molecule has 2 fully saturated rings. The number of carboxylic acid groups (broad SMARTS) is 1. The second-order valence-electron chi connectivity index (χ2n) is 8.76. The maximum Gasteiger partial charge on any atom is 0.354 e. The topological polar surface area (TPSA) is 112 Å². The van der Waals surface area contributed by atoms with E-state index in [0.717, 1.165) is 0 Å². The lowest BCUT2D eigenvalue weighted by Crippen LogP contribution is -2.34. The number of rotatable bonds is 4. The molecule has 10 heteroatoms. The number of hydrogen-bond donors (Lipinski definition) is 1. The summed E-state index contributed by atoms with van der Waals surface area (Å²) >= 11 is 0. The minimum Gasteiger partial charge on any atom is -0.476 e. The Morgan fingerprint density at radius 3 is 2.32 bits per heavy atom. The molecule has 2 aliphatic heterocycles. The predicted molar refractivity (Wildman–Crippen MR) is 121 cm³/mol. The number of aryl methyl sites for hydroxylation is 1. The van der Waals surface area contributed by atoms with Crippen LogP contribution in [0.15, 0.2) is 36.7 Å². The number of nitrogens with zero attached hydrogens (tertiary/aromatic N) is 6. The Morgan fingerprint density at radius 2 is 1.68 bits per heavy atom. The van der Waals surface area contributed by atoms with Gasteiger partial charge in [-0.3, -0.25) is 4.79 Å². The van der Waals surface area contributed by atoms with E-state index >= 15 is 0 Å². The molecule has 0 aliphatic carbocycles. The second-order valence-corrected chi connectivity index (χ2v) is 8.76. The first-order valence-corrected chi connectivity index (χ1v) is 11.0. The van der Waals surface area contributed by atoms with Crippen molar-refractivity contribution in [2.24, 2.45) is 11.8 Å². The van der Waals surface area contributed by atoms with Gasteiger partial charge in [-0.15, -0.1) is 0 Å². The number of anilines is 1. The number of hydrogen-bond acceptors (Lipinski definition) is 7. The summed E-state index contributed by atoms with van der Waals surface area (Å²) in [7, 11) is 0. The Labute approximate surface area is 195 Å². The fourth-order valence-corrected chi connectivity index (χ4v) is 4.81. The zero-order chi connectivity index (χ0) is 24.0. The van der Waals surface area contributed by atoms with Gasteiger partial charge in [0.1, 0.15) is 5.82 Å². The molecule has 0 bridgehead atoms. The molecule has 1 N–H and O–H groups in total. The van der Waals surface area contributed by atoms with Crippen LogP contribution in [0.4, 0.5) is 10.3 Å². The minimum absolute atomic E-state index is 0.00609. The molecule has 2 unspecified atom stereocenters. The number of likely N-dealkylation sites (tertiary alicyclic amines) is 1. The van der Waals surface area contributed by atoms with E-state index in [1.165, 1.54) is 6.07 Å². The van der Waals surface area contributed by atoms with Crippen LogP contribution in [0.3, 0.4) is 0 Å². The number of aromatic nitrogens is 4. The highest BCUT2D eigenvalue weighted by atomic mass is 19.1. The summed E-state index contributed by atoms with van der Waals surface area (Å²) < 4.78 is 14.8. The SMILES string of the molecule is Cc1nc(N2CC3CN(C(=O)c4c(F)cccc4-c4ncccn4)CC3C2)nc(C(=O)O)c1C. The van der Waals surface area contributed by atoms with Gasteiger partial charge in [-0.2, -0.15) is 0 Å². The van der Waals surface area contributed by atoms with Crippen molar-refractivity contribution < 1.29 is 19.1 Å². The van der Waals surface area contributed by atoms with Crippen LogP contribution in [0.25, 0.3) is 11.4 Å². The number of fused-ring (bicyclic) bond motifs is 1. The van der Waals surface area contributed by atoms with Crippen molar-refractivity contribution in [3.8, 4) is 11.4 Å². The molecular weight excluding hydrogens is 439 g/mol. The van der Waals surface area contributed by atoms with Crippen molar-refractivity contribution in [1.82, 2.24) is 24.8 Å². The van der Waals surface area contributed by atoms with Crippen molar-refractivity contribution in [2.45, 2.75) is 13.8 Å². The Hall–Kier alpha value is -3.95. The van der Waals surface area contributed by atoms with Gasteiger partial charge in [0.25, 0.3) is 5.91 Å². The van der Waals surface area contributed by atoms with Crippen LogP contribution in [0.5, 0.6) is 0 Å².